The van der Waals surface area contributed by atoms with Crippen LogP contribution in [0.3, 0.4) is 0 Å². The predicted molar refractivity (Wildman–Crippen MR) is 69.1 cm³/mol. The maximum absolute atomic E-state index is 12.6. The Hall–Kier alpha value is -1.61. The summed E-state index contributed by atoms with van der Waals surface area (Å²) >= 11 is 0. The molecule has 94 valence electrons. The van der Waals surface area contributed by atoms with Gasteiger partial charge >= 0.3 is 0 Å². The highest BCUT2D eigenvalue weighted by atomic mass is 16.5. The number of carbonyl (C=O) groups excluding carboxylic acids is 1. The van der Waals surface area contributed by atoms with E-state index >= 15 is 0 Å². The number of nitrogens with zero attached hydrogens (tertiary/aromatic N) is 1. The summed E-state index contributed by atoms with van der Waals surface area (Å²) in [5.74, 6) is 0.0648. The minimum Gasteiger partial charge on any atom is -0.348 e. The van der Waals surface area contributed by atoms with E-state index in [1.54, 1.807) is 0 Å². The van der Waals surface area contributed by atoms with Crippen LogP contribution in [0.2, 0.25) is 0 Å². The van der Waals surface area contributed by atoms with Crippen LogP contribution in [-0.4, -0.2) is 23.0 Å². The van der Waals surface area contributed by atoms with Crippen LogP contribution in [0, 0.1) is 0 Å². The Morgan fingerprint density at radius 3 is 2.89 bits per heavy atom. The van der Waals surface area contributed by atoms with Gasteiger partial charge < -0.3 is 4.74 Å². The first-order valence-electron chi connectivity index (χ1n) is 6.22. The van der Waals surface area contributed by atoms with Crippen molar-refractivity contribution in [3.05, 3.63) is 48.0 Å². The molecule has 1 saturated heterocycles. The zero-order chi connectivity index (χ0) is 13.0. The summed E-state index contributed by atoms with van der Waals surface area (Å²) in [4.78, 5) is 14.5. The van der Waals surface area contributed by atoms with E-state index < -0.39 is 5.72 Å². The molecule has 1 fully saturated rings. The molecule has 0 radical (unpaired) electrons. The highest BCUT2D eigenvalue weighted by molar-refractivity contribution is 6.00. The van der Waals surface area contributed by atoms with Crippen LogP contribution in [0.1, 0.15) is 36.2 Å². The van der Waals surface area contributed by atoms with Crippen molar-refractivity contribution in [3.63, 3.8) is 0 Å². The maximum Gasteiger partial charge on any atom is 0.257 e. The molecule has 0 aliphatic carbocycles. The summed E-state index contributed by atoms with van der Waals surface area (Å²) in [6.07, 6.45) is 2.45. The van der Waals surface area contributed by atoms with Crippen LogP contribution in [0.4, 0.5) is 0 Å². The van der Waals surface area contributed by atoms with Gasteiger partial charge in [0.05, 0.1) is 12.1 Å². The Kier molecular flexibility index (Phi) is 2.20. The van der Waals surface area contributed by atoms with Crippen molar-refractivity contribution in [2.24, 2.45) is 0 Å². The number of benzene rings is 1. The second-order valence-corrected chi connectivity index (χ2v) is 5.56. The monoisotopic (exact) mass is 243 g/mol. The number of amides is 1. The van der Waals surface area contributed by atoms with E-state index in [4.69, 9.17) is 4.74 Å². The van der Waals surface area contributed by atoms with E-state index in [2.05, 4.69) is 6.58 Å². The minimum absolute atomic E-state index is 0.0648. The lowest BCUT2D eigenvalue weighted by atomic mass is 9.97. The normalized spacial score (nSPS) is 28.1. The second kappa shape index (κ2) is 3.45. The molecule has 1 amide bonds. The van der Waals surface area contributed by atoms with E-state index in [0.29, 0.717) is 13.0 Å². The first-order valence-corrected chi connectivity index (χ1v) is 6.22. The predicted octanol–water partition coefficient (Wildman–Crippen LogP) is 2.68. The van der Waals surface area contributed by atoms with Crippen molar-refractivity contribution in [1.82, 2.24) is 4.90 Å². The van der Waals surface area contributed by atoms with Gasteiger partial charge in [0.1, 0.15) is 0 Å². The van der Waals surface area contributed by atoms with E-state index in [1.165, 1.54) is 0 Å². The topological polar surface area (TPSA) is 29.5 Å². The average molecular weight is 243 g/mol. The lowest BCUT2D eigenvalue weighted by molar-refractivity contribution is -0.0669. The minimum atomic E-state index is -0.640. The third-order valence-electron chi connectivity index (χ3n) is 3.83. The van der Waals surface area contributed by atoms with Crippen LogP contribution in [0.15, 0.2) is 36.9 Å². The molecule has 1 unspecified atom stereocenters. The van der Waals surface area contributed by atoms with Gasteiger partial charge in [-0.1, -0.05) is 24.3 Å². The van der Waals surface area contributed by atoms with Gasteiger partial charge in [-0.05, 0) is 19.9 Å². The third kappa shape index (κ3) is 1.20. The lowest BCUT2D eigenvalue weighted by Crippen LogP contribution is -2.49. The van der Waals surface area contributed by atoms with Gasteiger partial charge in [0, 0.05) is 17.5 Å². The lowest BCUT2D eigenvalue weighted by Gasteiger charge is -2.36. The van der Waals surface area contributed by atoms with Gasteiger partial charge in [-0.25, -0.2) is 0 Å². The van der Waals surface area contributed by atoms with Crippen molar-refractivity contribution in [3.8, 4) is 0 Å². The highest BCUT2D eigenvalue weighted by Crippen LogP contribution is 2.51. The fraction of sp³-hybridized carbons (Fsp3) is 0.400. The number of fused-ring (bicyclic) bond motifs is 3. The molecule has 2 aliphatic rings. The molecule has 1 aromatic carbocycles. The van der Waals surface area contributed by atoms with Crippen molar-refractivity contribution < 1.29 is 9.53 Å². The zero-order valence-corrected chi connectivity index (χ0v) is 10.8. The average Bonchev–Trinajstić information content (AvgIpc) is 2.75. The smallest absolute Gasteiger partial charge is 0.257 e. The molecule has 0 saturated carbocycles. The van der Waals surface area contributed by atoms with Gasteiger partial charge in [-0.2, -0.15) is 0 Å². The highest BCUT2D eigenvalue weighted by Gasteiger charge is 2.59. The Balaban J connectivity index is 2.24. The molecule has 3 heteroatoms. The Morgan fingerprint density at radius 1 is 1.44 bits per heavy atom. The van der Waals surface area contributed by atoms with Crippen molar-refractivity contribution in [2.45, 2.75) is 31.5 Å². The molecule has 3 nitrogen and oxygen atoms in total. The second-order valence-electron chi connectivity index (χ2n) is 5.56. The Bertz CT molecular complexity index is 535. The first kappa shape index (κ1) is 11.5. The molecule has 18 heavy (non-hydrogen) atoms. The number of rotatable bonds is 2. The molecule has 0 N–H and O–H groups in total. The van der Waals surface area contributed by atoms with E-state index in [1.807, 2.05) is 49.1 Å². The molecule has 0 aromatic heterocycles. The summed E-state index contributed by atoms with van der Waals surface area (Å²) in [7, 11) is 0. The van der Waals surface area contributed by atoms with Crippen LogP contribution >= 0.6 is 0 Å². The summed E-state index contributed by atoms with van der Waals surface area (Å²) in [5, 5.41) is 0. The molecule has 0 spiro atoms. The number of carbonyl (C=O) groups is 1. The van der Waals surface area contributed by atoms with Crippen LogP contribution < -0.4 is 0 Å². The van der Waals surface area contributed by atoms with Gasteiger partial charge in [0.25, 0.3) is 5.91 Å². The summed E-state index contributed by atoms with van der Waals surface area (Å²) < 4.78 is 6.05. The molecular weight excluding hydrogens is 226 g/mol. The Labute approximate surface area is 107 Å². The molecule has 0 bridgehead atoms. The van der Waals surface area contributed by atoms with Gasteiger partial charge in [-0.3, -0.25) is 9.69 Å². The summed E-state index contributed by atoms with van der Waals surface area (Å²) in [6, 6.07) is 7.71. The van der Waals surface area contributed by atoms with Crippen LogP contribution in [-0.2, 0) is 10.5 Å². The van der Waals surface area contributed by atoms with Crippen molar-refractivity contribution in [2.75, 3.05) is 6.61 Å². The zero-order valence-electron chi connectivity index (χ0n) is 10.8. The molecule has 1 atom stereocenters. The quantitative estimate of drug-likeness (QED) is 0.747. The SMILES string of the molecule is C=CCC12OCC(C)(C)N1C(=O)c1ccccc12. The molecule has 2 aliphatic heterocycles. The third-order valence-corrected chi connectivity index (χ3v) is 3.83. The fourth-order valence-corrected chi connectivity index (χ4v) is 3.14. The standard InChI is InChI=1S/C15H17NO2/c1-4-9-15-12-8-6-5-7-11(12)13(17)16(15)14(2,3)10-18-15/h4-8H,1,9-10H2,2-3H3. The molecule has 1 aromatic rings. The van der Waals surface area contributed by atoms with E-state index in [9.17, 15) is 4.79 Å². The first-order chi connectivity index (χ1) is 8.53. The van der Waals surface area contributed by atoms with E-state index in [0.717, 1.165) is 11.1 Å². The molecular formula is C15H17NO2. The van der Waals surface area contributed by atoms with Crippen molar-refractivity contribution >= 4 is 5.91 Å². The molecule has 3 rings (SSSR count). The van der Waals surface area contributed by atoms with Gasteiger partial charge in [0.15, 0.2) is 5.72 Å². The number of ether oxygens (including phenoxy) is 1. The number of hydrogen-bond acceptors (Lipinski definition) is 2. The van der Waals surface area contributed by atoms with E-state index in [-0.39, 0.29) is 11.4 Å². The van der Waals surface area contributed by atoms with Crippen LogP contribution in [0.25, 0.3) is 0 Å². The van der Waals surface area contributed by atoms with Crippen molar-refractivity contribution in [1.29, 1.82) is 0 Å². The van der Waals surface area contributed by atoms with Gasteiger partial charge in [0.2, 0.25) is 0 Å². The fourth-order valence-electron chi connectivity index (χ4n) is 3.14. The summed E-state index contributed by atoms with van der Waals surface area (Å²) in [6.45, 7) is 8.45. The van der Waals surface area contributed by atoms with Gasteiger partial charge in [-0.15, -0.1) is 6.58 Å². The number of hydrogen-bond donors (Lipinski definition) is 0. The molecule has 2 heterocycles. The maximum atomic E-state index is 12.6. The summed E-state index contributed by atoms with van der Waals surface area (Å²) in [5.41, 5.74) is 0.811. The Morgan fingerprint density at radius 2 is 2.17 bits per heavy atom. The largest absolute Gasteiger partial charge is 0.348 e. The van der Waals surface area contributed by atoms with Crippen LogP contribution in [0.5, 0.6) is 0 Å².